The standard InChI is InChI=1S/C31H38N4O/c1-22-13-25(18-32)15-26(14-22)19-33-30(2,3)31(17-23-5-6-23)11-12-35(21-31)20-24-7-8-27-9-10-29(36)34(4)28(27)16-24/h7-10,13-16,23,33H,5-6,11-12,17,19-21H2,1-4H3. The highest BCUT2D eigenvalue weighted by molar-refractivity contribution is 5.79. The Hall–Kier alpha value is -2.94. The van der Waals surface area contributed by atoms with Crippen molar-refractivity contribution in [1.82, 2.24) is 14.8 Å². The van der Waals surface area contributed by atoms with E-state index in [-0.39, 0.29) is 16.5 Å². The van der Waals surface area contributed by atoms with Gasteiger partial charge in [0.15, 0.2) is 0 Å². The van der Waals surface area contributed by atoms with Crippen LogP contribution in [0.2, 0.25) is 0 Å². The molecule has 188 valence electrons. The molecule has 2 aliphatic rings. The quantitative estimate of drug-likeness (QED) is 0.475. The van der Waals surface area contributed by atoms with Gasteiger partial charge in [0.1, 0.15) is 0 Å². The molecule has 1 atom stereocenters. The summed E-state index contributed by atoms with van der Waals surface area (Å²) >= 11 is 0. The van der Waals surface area contributed by atoms with Crippen molar-refractivity contribution < 1.29 is 0 Å². The van der Waals surface area contributed by atoms with Crippen molar-refractivity contribution in [3.63, 3.8) is 0 Å². The number of fused-ring (bicyclic) bond motifs is 1. The van der Waals surface area contributed by atoms with Crippen molar-refractivity contribution >= 4 is 10.9 Å². The van der Waals surface area contributed by atoms with E-state index in [9.17, 15) is 10.1 Å². The van der Waals surface area contributed by atoms with Crippen LogP contribution in [0.5, 0.6) is 0 Å². The summed E-state index contributed by atoms with van der Waals surface area (Å²) in [7, 11) is 1.85. The molecule has 2 heterocycles. The Morgan fingerprint density at radius 2 is 1.89 bits per heavy atom. The molecule has 1 saturated heterocycles. The molecule has 0 amide bonds. The van der Waals surface area contributed by atoms with Gasteiger partial charge in [-0.25, -0.2) is 0 Å². The van der Waals surface area contributed by atoms with Gasteiger partial charge in [-0.3, -0.25) is 9.69 Å². The fourth-order valence-electron chi connectivity index (χ4n) is 6.21. The van der Waals surface area contributed by atoms with Gasteiger partial charge < -0.3 is 9.88 Å². The largest absolute Gasteiger partial charge is 0.311 e. The van der Waals surface area contributed by atoms with Gasteiger partial charge in [0.05, 0.1) is 17.1 Å². The number of hydrogen-bond donors (Lipinski definition) is 1. The van der Waals surface area contributed by atoms with Gasteiger partial charge in [0, 0.05) is 43.7 Å². The fourth-order valence-corrected chi connectivity index (χ4v) is 6.21. The molecule has 0 radical (unpaired) electrons. The first-order chi connectivity index (χ1) is 17.2. The maximum absolute atomic E-state index is 12.1. The lowest BCUT2D eigenvalue weighted by Crippen LogP contribution is -2.55. The minimum Gasteiger partial charge on any atom is -0.311 e. The van der Waals surface area contributed by atoms with Crippen LogP contribution in [-0.4, -0.2) is 28.1 Å². The van der Waals surface area contributed by atoms with Crippen LogP contribution in [0.1, 0.15) is 61.8 Å². The smallest absolute Gasteiger partial charge is 0.250 e. The average molecular weight is 483 g/mol. The number of hydrogen-bond acceptors (Lipinski definition) is 4. The number of benzene rings is 2. The summed E-state index contributed by atoms with van der Waals surface area (Å²) in [5.41, 5.74) is 5.52. The molecule has 5 rings (SSSR count). The molecule has 5 nitrogen and oxygen atoms in total. The van der Waals surface area contributed by atoms with Gasteiger partial charge in [-0.1, -0.05) is 31.0 Å². The van der Waals surface area contributed by atoms with E-state index in [1.807, 2.05) is 25.2 Å². The predicted octanol–water partition coefficient (Wildman–Crippen LogP) is 5.28. The van der Waals surface area contributed by atoms with E-state index >= 15 is 0 Å². The Bertz CT molecular complexity index is 1380. The number of pyridine rings is 1. The molecule has 3 aromatic rings. The van der Waals surface area contributed by atoms with E-state index in [2.05, 4.69) is 61.3 Å². The van der Waals surface area contributed by atoms with Crippen LogP contribution in [0.4, 0.5) is 0 Å². The number of aryl methyl sites for hydroxylation is 2. The molecular formula is C31H38N4O. The maximum Gasteiger partial charge on any atom is 0.250 e. The third kappa shape index (κ3) is 4.98. The Morgan fingerprint density at radius 3 is 2.64 bits per heavy atom. The van der Waals surface area contributed by atoms with Crippen molar-refractivity contribution in [2.45, 2.75) is 65.1 Å². The second-order valence-corrected chi connectivity index (χ2v) is 11.8. The SMILES string of the molecule is Cc1cc(C#N)cc(CNC(C)(C)C2(CC3CC3)CCN(Cc3ccc4ccc(=O)n(C)c4c3)C2)c1. The summed E-state index contributed by atoms with van der Waals surface area (Å²) < 4.78 is 1.75. The lowest BCUT2D eigenvalue weighted by Gasteiger charge is -2.46. The second-order valence-electron chi connectivity index (χ2n) is 11.8. The monoisotopic (exact) mass is 482 g/mol. The van der Waals surface area contributed by atoms with Crippen molar-refractivity contribution in [3.8, 4) is 6.07 Å². The molecule has 5 heteroatoms. The van der Waals surface area contributed by atoms with Gasteiger partial charge in [0.25, 0.3) is 5.56 Å². The highest BCUT2D eigenvalue weighted by Gasteiger charge is 2.51. The Morgan fingerprint density at radius 1 is 1.11 bits per heavy atom. The molecule has 36 heavy (non-hydrogen) atoms. The van der Waals surface area contributed by atoms with E-state index in [1.165, 1.54) is 36.8 Å². The summed E-state index contributed by atoms with van der Waals surface area (Å²) in [6.07, 6.45) is 5.18. The van der Waals surface area contributed by atoms with Crippen LogP contribution in [0.3, 0.4) is 0 Å². The molecule has 1 N–H and O–H groups in total. The van der Waals surface area contributed by atoms with Crippen LogP contribution >= 0.6 is 0 Å². The Kier molecular flexibility index (Phi) is 6.53. The zero-order chi connectivity index (χ0) is 25.5. The maximum atomic E-state index is 12.1. The number of aromatic nitrogens is 1. The number of nitrogens with one attached hydrogen (secondary N) is 1. The average Bonchev–Trinajstić information content (AvgIpc) is 3.57. The first-order valence-electron chi connectivity index (χ1n) is 13.2. The van der Waals surface area contributed by atoms with Gasteiger partial charge in [0.2, 0.25) is 0 Å². The summed E-state index contributed by atoms with van der Waals surface area (Å²) in [5, 5.41) is 14.4. The van der Waals surface area contributed by atoms with Crippen molar-refractivity contribution in [2.24, 2.45) is 18.4 Å². The summed E-state index contributed by atoms with van der Waals surface area (Å²) in [6.45, 7) is 10.7. The topological polar surface area (TPSA) is 61.1 Å². The van der Waals surface area contributed by atoms with E-state index in [0.717, 1.165) is 54.1 Å². The number of likely N-dealkylation sites (tertiary alicyclic amines) is 1. The minimum absolute atomic E-state index is 0.0336. The van der Waals surface area contributed by atoms with Gasteiger partial charge >= 0.3 is 0 Å². The first kappa shape index (κ1) is 24.7. The zero-order valence-electron chi connectivity index (χ0n) is 22.1. The molecule has 2 fully saturated rings. The van der Waals surface area contributed by atoms with Crippen molar-refractivity contribution in [1.29, 1.82) is 5.26 Å². The third-order valence-corrected chi connectivity index (χ3v) is 8.73. The lowest BCUT2D eigenvalue weighted by atomic mass is 9.67. The second kappa shape index (κ2) is 9.50. The first-order valence-corrected chi connectivity index (χ1v) is 13.2. The lowest BCUT2D eigenvalue weighted by molar-refractivity contribution is 0.0941. The zero-order valence-corrected chi connectivity index (χ0v) is 22.1. The number of rotatable bonds is 8. The van der Waals surface area contributed by atoms with E-state index in [0.29, 0.717) is 0 Å². The fraction of sp³-hybridized carbons (Fsp3) is 0.484. The molecule has 1 aliphatic carbocycles. The van der Waals surface area contributed by atoms with Crippen LogP contribution in [0.15, 0.2) is 53.3 Å². The van der Waals surface area contributed by atoms with Gasteiger partial charge in [-0.2, -0.15) is 5.26 Å². The van der Waals surface area contributed by atoms with Gasteiger partial charge in [-0.05, 0) is 92.4 Å². The summed E-state index contributed by atoms with van der Waals surface area (Å²) in [6, 6.07) is 18.5. The Labute approximate surface area is 214 Å². The number of nitrogens with zero attached hydrogens (tertiary/aromatic N) is 3. The third-order valence-electron chi connectivity index (χ3n) is 8.73. The molecule has 1 aliphatic heterocycles. The van der Waals surface area contributed by atoms with Crippen LogP contribution in [0, 0.1) is 29.6 Å². The molecule has 0 bridgehead atoms. The van der Waals surface area contributed by atoms with Crippen LogP contribution in [0.25, 0.3) is 10.9 Å². The minimum atomic E-state index is -0.0336. The highest BCUT2D eigenvalue weighted by Crippen LogP contribution is 2.51. The molecule has 1 saturated carbocycles. The Balaban J connectivity index is 1.34. The predicted molar refractivity (Wildman–Crippen MR) is 146 cm³/mol. The molecule has 1 unspecified atom stereocenters. The van der Waals surface area contributed by atoms with Gasteiger partial charge in [-0.15, -0.1) is 0 Å². The summed E-state index contributed by atoms with van der Waals surface area (Å²) in [4.78, 5) is 14.7. The molecule has 0 spiro atoms. The van der Waals surface area contributed by atoms with Crippen LogP contribution in [-0.2, 0) is 20.1 Å². The normalized spacial score (nSPS) is 20.6. The van der Waals surface area contributed by atoms with Crippen molar-refractivity contribution in [3.05, 3.63) is 81.1 Å². The molecule has 2 aromatic carbocycles. The molecular weight excluding hydrogens is 444 g/mol. The summed E-state index contributed by atoms with van der Waals surface area (Å²) in [5.74, 6) is 0.852. The van der Waals surface area contributed by atoms with Crippen molar-refractivity contribution in [2.75, 3.05) is 13.1 Å². The van der Waals surface area contributed by atoms with E-state index in [4.69, 9.17) is 0 Å². The highest BCUT2D eigenvalue weighted by atomic mass is 16.1. The molecule has 1 aromatic heterocycles. The van der Waals surface area contributed by atoms with Crippen LogP contribution < -0.4 is 10.9 Å². The number of nitriles is 1. The van der Waals surface area contributed by atoms with E-state index in [1.54, 1.807) is 10.6 Å². The van der Waals surface area contributed by atoms with E-state index < -0.39 is 0 Å².